The minimum absolute atomic E-state index is 0.150. The van der Waals surface area contributed by atoms with Crippen LogP contribution in [0.25, 0.3) is 0 Å². The summed E-state index contributed by atoms with van der Waals surface area (Å²) in [6.07, 6.45) is 0.676. The van der Waals surface area contributed by atoms with Crippen molar-refractivity contribution in [3.8, 4) is 11.5 Å². The number of carbonyl (C=O) groups excluding carboxylic acids is 1. The highest BCUT2D eigenvalue weighted by molar-refractivity contribution is 5.89. The normalized spacial score (nSPS) is 18.0. The fourth-order valence-electron chi connectivity index (χ4n) is 2.94. The standard InChI is InChI=1S/C19H22N2O3/c1-19(2)12-16(15-11-14(23-3)9-10-17(15)24-19)21-18(22)20-13-7-5-4-6-8-13/h4-11,16H,12H2,1-3H3,(H2,20,21,22). The van der Waals surface area contributed by atoms with E-state index >= 15 is 0 Å². The fourth-order valence-corrected chi connectivity index (χ4v) is 2.94. The monoisotopic (exact) mass is 326 g/mol. The quantitative estimate of drug-likeness (QED) is 0.892. The van der Waals surface area contributed by atoms with Gasteiger partial charge in [-0.1, -0.05) is 18.2 Å². The third-order valence-corrected chi connectivity index (χ3v) is 4.01. The highest BCUT2D eigenvalue weighted by Gasteiger charge is 2.34. The lowest BCUT2D eigenvalue weighted by Gasteiger charge is -2.38. The molecule has 2 N–H and O–H groups in total. The summed E-state index contributed by atoms with van der Waals surface area (Å²) in [4.78, 5) is 12.4. The molecule has 5 nitrogen and oxygen atoms in total. The van der Waals surface area contributed by atoms with E-state index in [1.807, 2.05) is 62.4 Å². The summed E-state index contributed by atoms with van der Waals surface area (Å²) >= 11 is 0. The maximum absolute atomic E-state index is 12.4. The van der Waals surface area contributed by atoms with Gasteiger partial charge in [0.25, 0.3) is 0 Å². The van der Waals surface area contributed by atoms with Crippen molar-refractivity contribution in [1.29, 1.82) is 0 Å². The predicted molar refractivity (Wildman–Crippen MR) is 93.7 cm³/mol. The van der Waals surface area contributed by atoms with Gasteiger partial charge in [-0.2, -0.15) is 0 Å². The van der Waals surface area contributed by atoms with Gasteiger partial charge in [0.15, 0.2) is 0 Å². The van der Waals surface area contributed by atoms with E-state index in [4.69, 9.17) is 9.47 Å². The maximum atomic E-state index is 12.4. The summed E-state index contributed by atoms with van der Waals surface area (Å²) in [7, 11) is 1.62. The van der Waals surface area contributed by atoms with Gasteiger partial charge in [0.2, 0.25) is 0 Å². The first-order valence-corrected chi connectivity index (χ1v) is 7.96. The van der Waals surface area contributed by atoms with Crippen LogP contribution in [-0.4, -0.2) is 18.7 Å². The van der Waals surface area contributed by atoms with E-state index in [9.17, 15) is 4.79 Å². The van der Waals surface area contributed by atoms with E-state index in [2.05, 4.69) is 10.6 Å². The average molecular weight is 326 g/mol. The molecule has 0 radical (unpaired) electrons. The van der Waals surface area contributed by atoms with Crippen LogP contribution in [0.4, 0.5) is 10.5 Å². The number of anilines is 1. The van der Waals surface area contributed by atoms with Gasteiger partial charge in [-0.3, -0.25) is 0 Å². The molecule has 1 atom stereocenters. The van der Waals surface area contributed by atoms with Crippen molar-refractivity contribution in [2.45, 2.75) is 31.9 Å². The van der Waals surface area contributed by atoms with E-state index in [1.54, 1.807) is 7.11 Å². The number of amides is 2. The Morgan fingerprint density at radius 3 is 2.67 bits per heavy atom. The zero-order valence-corrected chi connectivity index (χ0v) is 14.1. The van der Waals surface area contributed by atoms with Crippen LogP contribution in [0.3, 0.4) is 0 Å². The van der Waals surface area contributed by atoms with E-state index in [1.165, 1.54) is 0 Å². The lowest BCUT2D eigenvalue weighted by Crippen LogP contribution is -2.42. The molecule has 0 spiro atoms. The first-order valence-electron chi connectivity index (χ1n) is 7.96. The lowest BCUT2D eigenvalue weighted by molar-refractivity contribution is 0.0681. The van der Waals surface area contributed by atoms with Gasteiger partial charge in [-0.15, -0.1) is 0 Å². The molecular formula is C19H22N2O3. The minimum atomic E-state index is -0.355. The summed E-state index contributed by atoms with van der Waals surface area (Å²) in [6.45, 7) is 4.04. The second-order valence-corrected chi connectivity index (χ2v) is 6.49. The van der Waals surface area contributed by atoms with Crippen LogP contribution in [0.2, 0.25) is 0 Å². The molecule has 1 unspecified atom stereocenters. The first kappa shape index (κ1) is 16.2. The van der Waals surface area contributed by atoms with Crippen LogP contribution in [-0.2, 0) is 0 Å². The zero-order chi connectivity index (χ0) is 17.2. The molecule has 1 aliphatic heterocycles. The van der Waals surface area contributed by atoms with Crippen LogP contribution in [0.1, 0.15) is 31.9 Å². The van der Waals surface area contributed by atoms with Gasteiger partial charge in [-0.25, -0.2) is 4.79 Å². The van der Waals surface area contributed by atoms with Crippen molar-refractivity contribution in [2.24, 2.45) is 0 Å². The van der Waals surface area contributed by atoms with E-state index in [-0.39, 0.29) is 17.7 Å². The number of para-hydroxylation sites is 1. The molecule has 0 aliphatic carbocycles. The number of benzene rings is 2. The molecule has 3 rings (SSSR count). The number of hydrogen-bond acceptors (Lipinski definition) is 3. The Hall–Kier alpha value is -2.69. The van der Waals surface area contributed by atoms with E-state index in [0.717, 1.165) is 22.7 Å². The third kappa shape index (κ3) is 3.62. The Morgan fingerprint density at radius 1 is 1.21 bits per heavy atom. The number of nitrogens with one attached hydrogen (secondary N) is 2. The number of fused-ring (bicyclic) bond motifs is 1. The second-order valence-electron chi connectivity index (χ2n) is 6.49. The molecule has 5 heteroatoms. The van der Waals surface area contributed by atoms with Crippen LogP contribution in [0.5, 0.6) is 11.5 Å². The van der Waals surface area contributed by atoms with Crippen LogP contribution in [0.15, 0.2) is 48.5 Å². The third-order valence-electron chi connectivity index (χ3n) is 4.01. The van der Waals surface area contributed by atoms with Crippen molar-refractivity contribution in [2.75, 3.05) is 12.4 Å². The molecule has 126 valence electrons. The summed E-state index contributed by atoms with van der Waals surface area (Å²) in [5, 5.41) is 5.90. The van der Waals surface area contributed by atoms with Crippen LogP contribution in [0, 0.1) is 0 Å². The van der Waals surface area contributed by atoms with E-state index < -0.39 is 0 Å². The van der Waals surface area contributed by atoms with Crippen LogP contribution < -0.4 is 20.1 Å². The van der Waals surface area contributed by atoms with Crippen molar-refractivity contribution < 1.29 is 14.3 Å². The van der Waals surface area contributed by atoms with Gasteiger partial charge in [0.05, 0.1) is 13.2 Å². The molecule has 0 aromatic heterocycles. The highest BCUT2D eigenvalue weighted by Crippen LogP contribution is 2.41. The molecule has 0 saturated carbocycles. The average Bonchev–Trinajstić information content (AvgIpc) is 2.54. The highest BCUT2D eigenvalue weighted by atomic mass is 16.5. The largest absolute Gasteiger partial charge is 0.497 e. The van der Waals surface area contributed by atoms with Gasteiger partial charge >= 0.3 is 6.03 Å². The second kappa shape index (κ2) is 6.43. The summed E-state index contributed by atoms with van der Waals surface area (Å²) in [5.74, 6) is 1.52. The summed E-state index contributed by atoms with van der Waals surface area (Å²) in [6, 6.07) is 14.7. The molecule has 1 aliphatic rings. The first-order chi connectivity index (χ1) is 11.5. The Kier molecular flexibility index (Phi) is 4.34. The van der Waals surface area contributed by atoms with Crippen molar-refractivity contribution in [3.63, 3.8) is 0 Å². The molecule has 0 saturated heterocycles. The number of rotatable bonds is 3. The number of hydrogen-bond donors (Lipinski definition) is 2. The van der Waals surface area contributed by atoms with Crippen LogP contribution >= 0.6 is 0 Å². The molecular weight excluding hydrogens is 304 g/mol. The number of ether oxygens (including phenoxy) is 2. The molecule has 1 heterocycles. The van der Waals surface area contributed by atoms with Gasteiger partial charge in [0.1, 0.15) is 17.1 Å². The summed E-state index contributed by atoms with van der Waals surface area (Å²) < 4.78 is 11.3. The Balaban J connectivity index is 1.80. The molecule has 2 aromatic rings. The minimum Gasteiger partial charge on any atom is -0.497 e. The molecule has 0 fully saturated rings. The molecule has 24 heavy (non-hydrogen) atoms. The number of urea groups is 1. The number of methoxy groups -OCH3 is 1. The Bertz CT molecular complexity index is 729. The number of carbonyl (C=O) groups is 1. The summed E-state index contributed by atoms with van der Waals surface area (Å²) in [5.41, 5.74) is 1.33. The lowest BCUT2D eigenvalue weighted by atomic mass is 9.89. The van der Waals surface area contributed by atoms with Gasteiger partial charge in [0, 0.05) is 17.7 Å². The topological polar surface area (TPSA) is 59.6 Å². The fraction of sp³-hybridized carbons (Fsp3) is 0.316. The Morgan fingerprint density at radius 2 is 1.96 bits per heavy atom. The van der Waals surface area contributed by atoms with Crippen molar-refractivity contribution in [3.05, 3.63) is 54.1 Å². The maximum Gasteiger partial charge on any atom is 0.319 e. The predicted octanol–water partition coefficient (Wildman–Crippen LogP) is 4.12. The Labute approximate surface area is 142 Å². The van der Waals surface area contributed by atoms with Crippen molar-refractivity contribution >= 4 is 11.7 Å². The SMILES string of the molecule is COc1ccc2c(c1)C(NC(=O)Nc1ccccc1)CC(C)(C)O2. The van der Waals surface area contributed by atoms with Crippen molar-refractivity contribution in [1.82, 2.24) is 5.32 Å². The zero-order valence-electron chi connectivity index (χ0n) is 14.1. The van der Waals surface area contributed by atoms with Gasteiger partial charge < -0.3 is 20.1 Å². The molecule has 0 bridgehead atoms. The smallest absolute Gasteiger partial charge is 0.319 e. The molecule has 2 amide bonds. The van der Waals surface area contributed by atoms with E-state index in [0.29, 0.717) is 6.42 Å². The van der Waals surface area contributed by atoms with Gasteiger partial charge in [-0.05, 0) is 44.2 Å². The molecule has 2 aromatic carbocycles.